The Kier molecular flexibility index (Phi) is 1.84. The Balaban J connectivity index is 3.04. The van der Waals surface area contributed by atoms with Crippen molar-refractivity contribution in [3.8, 4) is 0 Å². The third kappa shape index (κ3) is 1.52. The fourth-order valence-corrected chi connectivity index (χ4v) is 1.48. The molecule has 0 bridgehead atoms. The van der Waals surface area contributed by atoms with Crippen LogP contribution in [-0.4, -0.2) is 13.2 Å². The third-order valence-corrected chi connectivity index (χ3v) is 1.40. The molecule has 1 heterocycles. The van der Waals surface area contributed by atoms with Crippen LogP contribution in [0.5, 0.6) is 0 Å². The van der Waals surface area contributed by atoms with Crippen LogP contribution in [0.4, 0.5) is 0 Å². The molecule has 1 aromatic rings. The Hall–Kier alpha value is 0.600. The van der Waals surface area contributed by atoms with Crippen LogP contribution in [-0.2, 0) is 0 Å². The van der Waals surface area contributed by atoms with Crippen LogP contribution in [0.3, 0.4) is 0 Å². The van der Waals surface area contributed by atoms with Crippen LogP contribution in [0.2, 0.25) is 0 Å². The van der Waals surface area contributed by atoms with Gasteiger partial charge in [0.05, 0.1) is 29.1 Å². The van der Waals surface area contributed by atoms with Crippen molar-refractivity contribution >= 4 is 45.5 Å². The molecule has 0 unspecified atom stereocenters. The van der Waals surface area contributed by atoms with Crippen molar-refractivity contribution < 1.29 is 0 Å². The van der Waals surface area contributed by atoms with Gasteiger partial charge in [-0.1, -0.05) is 5.21 Å². The molecule has 0 aliphatic rings. The van der Waals surface area contributed by atoms with Gasteiger partial charge in [0.2, 0.25) is 0 Å². The zero-order chi connectivity index (χ0) is 5.28. The molecule has 5 heteroatoms. The first-order valence-corrected chi connectivity index (χ1v) is 3.57. The minimum Gasteiger partial charge on any atom is -0.190 e. The number of halogens is 2. The van der Waals surface area contributed by atoms with Crippen molar-refractivity contribution in [1.82, 2.24) is 13.2 Å². The molecule has 1 aromatic heterocycles. The van der Waals surface area contributed by atoms with Crippen LogP contribution in [0.25, 0.3) is 0 Å². The quantitative estimate of drug-likeness (QED) is 0.670. The van der Waals surface area contributed by atoms with E-state index in [1.54, 1.807) is 2.90 Å². The summed E-state index contributed by atoms with van der Waals surface area (Å²) < 4.78 is 2.56. The number of nitrogens with zero attached hydrogens (tertiary/aromatic N) is 3. The number of hydrogen-bond donors (Lipinski definition) is 0. The van der Waals surface area contributed by atoms with E-state index in [9.17, 15) is 0 Å². The number of aromatic nitrogens is 3. The predicted molar refractivity (Wildman–Crippen MR) is 42.2 cm³/mol. The summed E-state index contributed by atoms with van der Waals surface area (Å²) in [5.41, 5.74) is 0. The normalized spacial score (nSPS) is 9.43. The first kappa shape index (κ1) is 5.73. The fraction of sp³-hybridized carbons (Fsp3) is 0. The van der Waals surface area contributed by atoms with Gasteiger partial charge in [0.1, 0.15) is 3.70 Å². The van der Waals surface area contributed by atoms with Gasteiger partial charge < -0.3 is 0 Å². The third-order valence-electron chi connectivity index (χ3n) is 0.439. The van der Waals surface area contributed by atoms with Gasteiger partial charge in [0, 0.05) is 0 Å². The fourth-order valence-electron chi connectivity index (χ4n) is 0.225. The summed E-state index contributed by atoms with van der Waals surface area (Å²) in [6.45, 7) is 0. The van der Waals surface area contributed by atoms with Crippen molar-refractivity contribution in [3.05, 3.63) is 9.90 Å². The van der Waals surface area contributed by atoms with Gasteiger partial charge in [0.25, 0.3) is 0 Å². The molecule has 3 nitrogen and oxygen atoms in total. The molecule has 0 aromatic carbocycles. The first-order chi connectivity index (χ1) is 3.29. The topological polar surface area (TPSA) is 30.7 Å². The minimum absolute atomic E-state index is 0.923. The highest BCUT2D eigenvalue weighted by Crippen LogP contribution is 1.98. The Labute approximate surface area is 68.1 Å². The van der Waals surface area contributed by atoms with Crippen LogP contribution < -0.4 is 0 Å². The molecule has 0 spiro atoms. The first-order valence-electron chi connectivity index (χ1n) is 1.53. The lowest BCUT2D eigenvalue weighted by molar-refractivity contribution is 0.913. The molecule has 0 aliphatic heterocycles. The van der Waals surface area contributed by atoms with E-state index in [1.807, 2.05) is 29.1 Å². The molecular weight excluding hydrogens is 320 g/mol. The van der Waals surface area contributed by atoms with Crippen molar-refractivity contribution in [2.45, 2.75) is 0 Å². The minimum atomic E-state index is 0.923. The molecule has 0 fully saturated rings. The summed E-state index contributed by atoms with van der Waals surface area (Å²) in [4.78, 5) is 0. The standard InChI is InChI=1S/C2HI2N3/c3-2-1-7(4)6-5-2/h1H. The largest absolute Gasteiger partial charge is 0.190 e. The van der Waals surface area contributed by atoms with E-state index in [0.717, 1.165) is 3.70 Å². The van der Waals surface area contributed by atoms with Gasteiger partial charge >= 0.3 is 0 Å². The highest BCUT2D eigenvalue weighted by Gasteiger charge is 1.87. The molecule has 0 radical (unpaired) electrons. The zero-order valence-electron chi connectivity index (χ0n) is 3.17. The lowest BCUT2D eigenvalue weighted by Crippen LogP contribution is -1.75. The monoisotopic (exact) mass is 321 g/mol. The van der Waals surface area contributed by atoms with E-state index in [2.05, 4.69) is 32.9 Å². The molecule has 0 saturated heterocycles. The van der Waals surface area contributed by atoms with E-state index in [1.165, 1.54) is 0 Å². The van der Waals surface area contributed by atoms with Crippen LogP contribution in [0, 0.1) is 3.70 Å². The molecule has 7 heavy (non-hydrogen) atoms. The van der Waals surface area contributed by atoms with E-state index in [0.29, 0.717) is 0 Å². The maximum atomic E-state index is 3.71. The highest BCUT2D eigenvalue weighted by atomic mass is 127. The highest BCUT2D eigenvalue weighted by molar-refractivity contribution is 14.1. The molecule has 0 N–H and O–H groups in total. The average Bonchev–Trinajstić information content (AvgIpc) is 1.87. The summed E-state index contributed by atoms with van der Waals surface area (Å²) in [7, 11) is 0. The molecule has 0 amide bonds. The van der Waals surface area contributed by atoms with Crippen molar-refractivity contribution in [2.75, 3.05) is 0 Å². The summed E-state index contributed by atoms with van der Waals surface area (Å²) in [6.07, 6.45) is 1.83. The number of rotatable bonds is 0. The SMILES string of the molecule is Ic1cn(I)nn1. The van der Waals surface area contributed by atoms with E-state index in [4.69, 9.17) is 0 Å². The zero-order valence-corrected chi connectivity index (χ0v) is 7.49. The predicted octanol–water partition coefficient (Wildman–Crippen LogP) is 1.08. The van der Waals surface area contributed by atoms with Gasteiger partial charge in [0.15, 0.2) is 0 Å². The summed E-state index contributed by atoms with van der Waals surface area (Å²) in [5.74, 6) is 0. The Morgan fingerprint density at radius 2 is 2.43 bits per heavy atom. The van der Waals surface area contributed by atoms with E-state index in [-0.39, 0.29) is 0 Å². The molecule has 38 valence electrons. The van der Waals surface area contributed by atoms with E-state index < -0.39 is 0 Å². The van der Waals surface area contributed by atoms with Crippen molar-refractivity contribution in [2.24, 2.45) is 0 Å². The van der Waals surface area contributed by atoms with Crippen LogP contribution in [0.15, 0.2) is 6.20 Å². The van der Waals surface area contributed by atoms with Crippen molar-refractivity contribution in [1.29, 1.82) is 0 Å². The van der Waals surface area contributed by atoms with Crippen molar-refractivity contribution in [3.63, 3.8) is 0 Å². The Bertz CT molecular complexity index is 143. The Morgan fingerprint density at radius 3 is 2.57 bits per heavy atom. The molecular formula is C2HI2N3. The lowest BCUT2D eigenvalue weighted by Gasteiger charge is -1.70. The van der Waals surface area contributed by atoms with Gasteiger partial charge in [-0.3, -0.25) is 0 Å². The smallest absolute Gasteiger partial charge is 0.144 e. The molecule has 1 rings (SSSR count). The second-order valence-electron chi connectivity index (χ2n) is 0.930. The second kappa shape index (κ2) is 2.25. The Morgan fingerprint density at radius 1 is 1.71 bits per heavy atom. The van der Waals surface area contributed by atoms with Gasteiger partial charge in [-0.2, -0.15) is 2.90 Å². The van der Waals surface area contributed by atoms with Crippen LogP contribution >= 0.6 is 45.5 Å². The second-order valence-corrected chi connectivity index (χ2v) is 3.02. The van der Waals surface area contributed by atoms with Crippen LogP contribution in [0.1, 0.15) is 0 Å². The summed E-state index contributed by atoms with van der Waals surface area (Å²) in [5, 5.41) is 7.37. The molecule has 0 saturated carbocycles. The van der Waals surface area contributed by atoms with Gasteiger partial charge in [-0.15, -0.1) is 5.10 Å². The van der Waals surface area contributed by atoms with Gasteiger partial charge in [-0.25, -0.2) is 0 Å². The molecule has 0 atom stereocenters. The lowest BCUT2D eigenvalue weighted by atomic mass is 11.0. The van der Waals surface area contributed by atoms with Gasteiger partial charge in [-0.05, 0) is 22.6 Å². The average molecular weight is 321 g/mol. The summed E-state index contributed by atoms with van der Waals surface area (Å²) >= 11 is 4.14. The number of hydrogen-bond acceptors (Lipinski definition) is 2. The maximum absolute atomic E-state index is 3.71. The maximum Gasteiger partial charge on any atom is 0.144 e. The van der Waals surface area contributed by atoms with E-state index >= 15 is 0 Å². The summed E-state index contributed by atoms with van der Waals surface area (Å²) in [6, 6.07) is 0. The molecule has 0 aliphatic carbocycles.